The van der Waals surface area contributed by atoms with E-state index >= 15 is 0 Å². The summed E-state index contributed by atoms with van der Waals surface area (Å²) in [5.74, 6) is -0.373. The third-order valence-electron chi connectivity index (χ3n) is 6.99. The lowest BCUT2D eigenvalue weighted by atomic mass is 10.00. The second kappa shape index (κ2) is 13.6. The summed E-state index contributed by atoms with van der Waals surface area (Å²) >= 11 is 0. The molecule has 1 aliphatic heterocycles. The van der Waals surface area contributed by atoms with Crippen molar-refractivity contribution in [1.82, 2.24) is 10.6 Å². The van der Waals surface area contributed by atoms with E-state index < -0.39 is 23.9 Å². The maximum Gasteiger partial charge on any atom is 0.416 e. The molecule has 41 heavy (non-hydrogen) atoms. The molecule has 218 valence electrons. The molecule has 0 unspecified atom stereocenters. The minimum Gasteiger partial charge on any atom is -0.390 e. The van der Waals surface area contributed by atoms with Crippen molar-refractivity contribution in [3.63, 3.8) is 0 Å². The zero-order valence-electron chi connectivity index (χ0n) is 22.9. The standard InChI is InChI=1S/C31H35F3N4O3/c1-2-36-25-16-23(17-26(18-25)38-14-6-9-29(38)40)30(41)37-27(15-21-7-4-3-5-8-21)28(39)20-35-19-22-10-12-24(13-11-22)31(32,33)34/h3-5,7-8,10-13,16-18,27-28,35-36,39H,2,6,9,14-15,19-20H2,1H3,(H,37,41)/t27-,28+/m0/s1. The van der Waals surface area contributed by atoms with E-state index in [2.05, 4.69) is 16.0 Å². The van der Waals surface area contributed by atoms with Crippen LogP contribution in [0.1, 0.15) is 46.8 Å². The molecule has 1 fully saturated rings. The highest BCUT2D eigenvalue weighted by molar-refractivity contribution is 6.00. The first kappa shape index (κ1) is 30.1. The minimum absolute atomic E-state index is 0.0153. The van der Waals surface area contributed by atoms with Gasteiger partial charge in [0.15, 0.2) is 0 Å². The molecular formula is C31H35F3N4O3. The van der Waals surface area contributed by atoms with Crippen LogP contribution in [0.15, 0.2) is 72.8 Å². The van der Waals surface area contributed by atoms with E-state index in [0.717, 1.165) is 24.1 Å². The zero-order chi connectivity index (χ0) is 29.4. The van der Waals surface area contributed by atoms with Crippen LogP contribution in [0.5, 0.6) is 0 Å². The zero-order valence-corrected chi connectivity index (χ0v) is 22.9. The predicted molar refractivity (Wildman–Crippen MR) is 153 cm³/mol. The summed E-state index contributed by atoms with van der Waals surface area (Å²) in [6, 6.07) is 18.9. The molecule has 1 heterocycles. The maximum atomic E-state index is 13.5. The fourth-order valence-corrected chi connectivity index (χ4v) is 4.85. The first-order valence-corrected chi connectivity index (χ1v) is 13.7. The molecule has 3 aromatic rings. The number of aliphatic hydroxyl groups is 1. The number of benzene rings is 3. The van der Waals surface area contributed by atoms with Crippen molar-refractivity contribution in [2.45, 2.75) is 51.1 Å². The number of hydrogen-bond donors (Lipinski definition) is 4. The summed E-state index contributed by atoms with van der Waals surface area (Å²) < 4.78 is 38.5. The number of nitrogens with one attached hydrogen (secondary N) is 3. The Morgan fingerprint density at radius 2 is 1.76 bits per heavy atom. The molecule has 3 aromatic carbocycles. The number of carbonyl (C=O) groups is 2. The molecule has 0 radical (unpaired) electrons. The topological polar surface area (TPSA) is 93.7 Å². The molecule has 0 saturated carbocycles. The summed E-state index contributed by atoms with van der Waals surface area (Å²) in [5, 5.41) is 20.4. The molecule has 0 aliphatic carbocycles. The van der Waals surface area contributed by atoms with Crippen molar-refractivity contribution in [1.29, 1.82) is 0 Å². The molecule has 0 aromatic heterocycles. The Morgan fingerprint density at radius 3 is 2.39 bits per heavy atom. The van der Waals surface area contributed by atoms with Gasteiger partial charge in [0.2, 0.25) is 5.91 Å². The summed E-state index contributed by atoms with van der Waals surface area (Å²) in [4.78, 5) is 27.6. The number of anilines is 2. The van der Waals surface area contributed by atoms with E-state index in [1.165, 1.54) is 12.1 Å². The van der Waals surface area contributed by atoms with Crippen LogP contribution in [-0.4, -0.2) is 48.7 Å². The first-order valence-electron chi connectivity index (χ1n) is 13.7. The van der Waals surface area contributed by atoms with Crippen molar-refractivity contribution < 1.29 is 27.9 Å². The van der Waals surface area contributed by atoms with Crippen LogP contribution in [0.2, 0.25) is 0 Å². The van der Waals surface area contributed by atoms with E-state index in [9.17, 15) is 27.9 Å². The quantitative estimate of drug-likeness (QED) is 0.253. The van der Waals surface area contributed by atoms with Crippen molar-refractivity contribution in [3.8, 4) is 0 Å². The highest BCUT2D eigenvalue weighted by Crippen LogP contribution is 2.29. The lowest BCUT2D eigenvalue weighted by molar-refractivity contribution is -0.137. The molecule has 1 aliphatic rings. The Bertz CT molecular complexity index is 1320. The number of nitrogens with zero attached hydrogens (tertiary/aromatic N) is 1. The highest BCUT2D eigenvalue weighted by atomic mass is 19.4. The molecule has 0 spiro atoms. The van der Waals surface area contributed by atoms with Crippen molar-refractivity contribution in [2.75, 3.05) is 29.9 Å². The highest BCUT2D eigenvalue weighted by Gasteiger charge is 2.30. The second-order valence-electron chi connectivity index (χ2n) is 10.1. The van der Waals surface area contributed by atoms with Crippen molar-refractivity contribution in [3.05, 3.63) is 95.1 Å². The normalized spacial score (nSPS) is 15.0. The largest absolute Gasteiger partial charge is 0.416 e. The van der Waals surface area contributed by atoms with Crippen LogP contribution in [0.3, 0.4) is 0 Å². The smallest absolute Gasteiger partial charge is 0.390 e. The Balaban J connectivity index is 1.47. The van der Waals surface area contributed by atoms with Gasteiger partial charge in [-0.05, 0) is 61.2 Å². The van der Waals surface area contributed by atoms with E-state index in [-0.39, 0.29) is 24.9 Å². The number of rotatable bonds is 12. The van der Waals surface area contributed by atoms with Gasteiger partial charge in [-0.1, -0.05) is 42.5 Å². The number of amides is 2. The monoisotopic (exact) mass is 568 g/mol. The fraction of sp³-hybridized carbons (Fsp3) is 0.355. The maximum absolute atomic E-state index is 13.5. The Labute approximate surface area is 237 Å². The molecule has 7 nitrogen and oxygen atoms in total. The van der Waals surface area contributed by atoms with E-state index in [0.29, 0.717) is 48.4 Å². The fourth-order valence-electron chi connectivity index (χ4n) is 4.85. The summed E-state index contributed by atoms with van der Waals surface area (Å²) in [6.45, 7) is 3.52. The number of halogens is 3. The third-order valence-corrected chi connectivity index (χ3v) is 6.99. The molecular weight excluding hydrogens is 533 g/mol. The predicted octanol–water partition coefficient (Wildman–Crippen LogP) is 4.76. The summed E-state index contributed by atoms with van der Waals surface area (Å²) in [6.07, 6.45) is -3.80. The minimum atomic E-state index is -4.40. The van der Waals surface area contributed by atoms with Crippen LogP contribution in [0.4, 0.5) is 24.5 Å². The van der Waals surface area contributed by atoms with Crippen LogP contribution < -0.4 is 20.9 Å². The van der Waals surface area contributed by atoms with Gasteiger partial charge in [-0.15, -0.1) is 0 Å². The lowest BCUT2D eigenvalue weighted by Crippen LogP contribution is -2.48. The van der Waals surface area contributed by atoms with Gasteiger partial charge in [0.25, 0.3) is 5.91 Å². The van der Waals surface area contributed by atoms with E-state index in [4.69, 9.17) is 0 Å². The van der Waals surface area contributed by atoms with Crippen LogP contribution in [0.25, 0.3) is 0 Å². The van der Waals surface area contributed by atoms with Gasteiger partial charge in [-0.3, -0.25) is 9.59 Å². The van der Waals surface area contributed by atoms with Gasteiger partial charge in [0.05, 0.1) is 17.7 Å². The second-order valence-corrected chi connectivity index (χ2v) is 10.1. The number of aliphatic hydroxyl groups excluding tert-OH is 1. The van der Waals surface area contributed by atoms with Crippen LogP contribution in [0, 0.1) is 0 Å². The average molecular weight is 569 g/mol. The Hall–Kier alpha value is -3.89. The van der Waals surface area contributed by atoms with E-state index in [1.807, 2.05) is 43.3 Å². The van der Waals surface area contributed by atoms with Gasteiger partial charge in [0.1, 0.15) is 0 Å². The molecule has 4 rings (SSSR count). The molecule has 0 bridgehead atoms. The summed E-state index contributed by atoms with van der Waals surface area (Å²) in [7, 11) is 0. The number of alkyl halides is 3. The average Bonchev–Trinajstić information content (AvgIpc) is 3.38. The summed E-state index contributed by atoms with van der Waals surface area (Å²) in [5.41, 5.74) is 2.56. The molecule has 2 atom stereocenters. The van der Waals surface area contributed by atoms with E-state index in [1.54, 1.807) is 17.0 Å². The lowest BCUT2D eigenvalue weighted by Gasteiger charge is -2.25. The van der Waals surface area contributed by atoms with Gasteiger partial charge in [0, 0.05) is 49.5 Å². The number of hydrogen-bond acceptors (Lipinski definition) is 5. The van der Waals surface area contributed by atoms with Crippen LogP contribution in [-0.2, 0) is 23.9 Å². The third kappa shape index (κ3) is 8.31. The Kier molecular flexibility index (Phi) is 10.0. The van der Waals surface area contributed by atoms with Crippen LogP contribution >= 0.6 is 0 Å². The van der Waals surface area contributed by atoms with Gasteiger partial charge in [-0.25, -0.2) is 0 Å². The molecule has 10 heteroatoms. The molecule has 2 amide bonds. The van der Waals surface area contributed by atoms with Gasteiger partial charge >= 0.3 is 6.18 Å². The van der Waals surface area contributed by atoms with Crippen molar-refractivity contribution >= 4 is 23.2 Å². The van der Waals surface area contributed by atoms with Gasteiger partial charge < -0.3 is 26.0 Å². The SMILES string of the molecule is CCNc1cc(C(=O)N[C@@H](Cc2ccccc2)[C@H](O)CNCc2ccc(C(F)(F)F)cc2)cc(N2CCCC2=O)c1. The first-order chi connectivity index (χ1) is 19.6. The number of carbonyl (C=O) groups excluding carboxylic acids is 2. The van der Waals surface area contributed by atoms with Gasteiger partial charge in [-0.2, -0.15) is 13.2 Å². The Morgan fingerprint density at radius 1 is 1.02 bits per heavy atom. The molecule has 1 saturated heterocycles. The molecule has 4 N–H and O–H groups in total. The van der Waals surface area contributed by atoms with Crippen molar-refractivity contribution in [2.24, 2.45) is 0 Å².